The number of nitrogens with zero attached hydrogens (tertiary/aromatic N) is 5. The van der Waals surface area contributed by atoms with E-state index >= 15 is 0 Å². The van der Waals surface area contributed by atoms with E-state index in [2.05, 4.69) is 47.6 Å². The van der Waals surface area contributed by atoms with Gasteiger partial charge in [0.05, 0.1) is 5.69 Å². The van der Waals surface area contributed by atoms with Crippen molar-refractivity contribution < 1.29 is 9.18 Å². The van der Waals surface area contributed by atoms with Crippen molar-refractivity contribution in [2.45, 2.75) is 46.0 Å². The largest absolute Gasteiger partial charge is 0.367 e. The van der Waals surface area contributed by atoms with Crippen LogP contribution in [-0.4, -0.2) is 69.4 Å². The Morgan fingerprint density at radius 3 is 2.55 bits per heavy atom. The van der Waals surface area contributed by atoms with E-state index in [0.717, 1.165) is 79.5 Å². The number of halogens is 1. The molecule has 2 aliphatic rings. The van der Waals surface area contributed by atoms with Crippen molar-refractivity contribution in [1.82, 2.24) is 24.8 Å². The average molecular weight is 595 g/mol. The number of rotatable bonds is 11. The van der Waals surface area contributed by atoms with Gasteiger partial charge < -0.3 is 20.9 Å². The number of benzene rings is 2. The fourth-order valence-corrected chi connectivity index (χ4v) is 5.45. The average Bonchev–Trinajstić information content (AvgIpc) is 3.87. The Kier molecular flexibility index (Phi) is 9.09. The minimum absolute atomic E-state index is 0.284. The molecule has 2 aromatic heterocycles. The Labute approximate surface area is 257 Å². The summed E-state index contributed by atoms with van der Waals surface area (Å²) in [7, 11) is 0. The quantitative estimate of drug-likeness (QED) is 0.194. The summed E-state index contributed by atoms with van der Waals surface area (Å²) >= 11 is 0. The zero-order valence-electron chi connectivity index (χ0n) is 25.3. The predicted molar refractivity (Wildman–Crippen MR) is 173 cm³/mol. The van der Waals surface area contributed by atoms with Crippen molar-refractivity contribution in [3.63, 3.8) is 0 Å². The van der Waals surface area contributed by atoms with Crippen LogP contribution in [0.15, 0.2) is 67.1 Å². The highest BCUT2D eigenvalue weighted by molar-refractivity contribution is 6.04. The second-order valence-corrected chi connectivity index (χ2v) is 11.5. The molecular formula is C34H39FN8O. The van der Waals surface area contributed by atoms with Gasteiger partial charge in [0.15, 0.2) is 0 Å². The molecule has 1 saturated heterocycles. The summed E-state index contributed by atoms with van der Waals surface area (Å²) in [6, 6.07) is 17.3. The van der Waals surface area contributed by atoms with Gasteiger partial charge in [-0.15, -0.1) is 0 Å². The zero-order chi connectivity index (χ0) is 30.5. The van der Waals surface area contributed by atoms with Crippen LogP contribution in [0.2, 0.25) is 0 Å². The van der Waals surface area contributed by atoms with Crippen molar-refractivity contribution in [2.24, 2.45) is 0 Å². The van der Waals surface area contributed by atoms with Crippen LogP contribution in [0.4, 0.5) is 27.4 Å². The summed E-state index contributed by atoms with van der Waals surface area (Å²) in [6.07, 6.45) is 5.61. The minimum atomic E-state index is -0.610. The van der Waals surface area contributed by atoms with Crippen LogP contribution in [0.1, 0.15) is 46.8 Å². The molecule has 10 heteroatoms. The molecule has 1 amide bonds. The number of anilines is 4. The van der Waals surface area contributed by atoms with E-state index in [4.69, 9.17) is 0 Å². The lowest BCUT2D eigenvalue weighted by Crippen LogP contribution is -2.45. The molecule has 4 aromatic rings. The van der Waals surface area contributed by atoms with Gasteiger partial charge in [-0.2, -0.15) is 0 Å². The van der Waals surface area contributed by atoms with Crippen molar-refractivity contribution in [3.8, 4) is 11.3 Å². The standard InChI is InChI=1S/C34H39FN8O/c1-3-42-13-15-43(16-14-42)21-25-8-7-24(17-26(25)20-35)34(44)40-28-9-6-23(2)30(18-28)41-33-29(5-4-12-36-33)31-19-32(38-22-37-31)39-27-10-11-27/h4-9,12,17-19,22,27H,3,10-11,13-16,20-21H2,1-2H3,(H,36,41)(H,40,44)(H,37,38,39). The zero-order valence-corrected chi connectivity index (χ0v) is 25.3. The maximum absolute atomic E-state index is 14.1. The molecule has 44 heavy (non-hydrogen) atoms. The monoisotopic (exact) mass is 594 g/mol. The van der Waals surface area contributed by atoms with E-state index in [0.29, 0.717) is 35.2 Å². The number of piperazine rings is 1. The summed E-state index contributed by atoms with van der Waals surface area (Å²) in [4.78, 5) is 31.5. The van der Waals surface area contributed by atoms with Crippen LogP contribution >= 0.6 is 0 Å². The molecular weight excluding hydrogens is 555 g/mol. The first-order valence-corrected chi connectivity index (χ1v) is 15.3. The highest BCUT2D eigenvalue weighted by Crippen LogP contribution is 2.31. The van der Waals surface area contributed by atoms with Crippen molar-refractivity contribution in [2.75, 3.05) is 48.7 Å². The molecule has 3 heterocycles. The van der Waals surface area contributed by atoms with Gasteiger partial charge in [0.1, 0.15) is 24.6 Å². The minimum Gasteiger partial charge on any atom is -0.367 e. The Morgan fingerprint density at radius 2 is 1.77 bits per heavy atom. The molecule has 6 rings (SSSR count). The third-order valence-electron chi connectivity index (χ3n) is 8.35. The van der Waals surface area contributed by atoms with Crippen molar-refractivity contribution in [3.05, 3.63) is 89.4 Å². The molecule has 0 spiro atoms. The number of carbonyl (C=O) groups is 1. The number of amides is 1. The Balaban J connectivity index is 1.15. The smallest absolute Gasteiger partial charge is 0.255 e. The first-order chi connectivity index (χ1) is 21.5. The number of nitrogens with one attached hydrogen (secondary N) is 3. The lowest BCUT2D eigenvalue weighted by molar-refractivity contribution is 0.102. The Morgan fingerprint density at radius 1 is 0.955 bits per heavy atom. The first kappa shape index (κ1) is 29.7. The third-order valence-corrected chi connectivity index (χ3v) is 8.35. The van der Waals surface area contributed by atoms with Gasteiger partial charge in [-0.1, -0.05) is 19.1 Å². The Bertz CT molecular complexity index is 1620. The normalized spacial score (nSPS) is 15.6. The molecule has 1 aliphatic carbocycles. The number of hydrogen-bond acceptors (Lipinski definition) is 8. The van der Waals surface area contributed by atoms with Crippen LogP contribution in [0.25, 0.3) is 11.3 Å². The number of aryl methyl sites for hydroxylation is 1. The van der Waals surface area contributed by atoms with Gasteiger partial charge in [0.2, 0.25) is 0 Å². The second kappa shape index (κ2) is 13.5. The molecule has 1 aliphatic heterocycles. The summed E-state index contributed by atoms with van der Waals surface area (Å²) < 4.78 is 14.1. The second-order valence-electron chi connectivity index (χ2n) is 11.5. The maximum atomic E-state index is 14.1. The molecule has 0 radical (unpaired) electrons. The van der Waals surface area contributed by atoms with E-state index in [1.165, 1.54) is 0 Å². The van der Waals surface area contributed by atoms with Crippen LogP contribution in [0.3, 0.4) is 0 Å². The number of aromatic nitrogens is 3. The van der Waals surface area contributed by atoms with Crippen molar-refractivity contribution >= 4 is 28.9 Å². The van der Waals surface area contributed by atoms with Gasteiger partial charge in [-0.3, -0.25) is 9.69 Å². The lowest BCUT2D eigenvalue weighted by Gasteiger charge is -2.34. The number of alkyl halides is 1. The Hall–Kier alpha value is -4.41. The van der Waals surface area contributed by atoms with E-state index < -0.39 is 6.67 Å². The molecule has 9 nitrogen and oxygen atoms in total. The van der Waals surface area contributed by atoms with E-state index in [1.807, 2.05) is 49.4 Å². The van der Waals surface area contributed by atoms with Gasteiger partial charge in [0, 0.05) is 73.5 Å². The molecule has 0 bridgehead atoms. The third kappa shape index (κ3) is 7.20. The molecule has 3 N–H and O–H groups in total. The van der Waals surface area contributed by atoms with Crippen LogP contribution in [-0.2, 0) is 13.2 Å². The number of hydrogen-bond donors (Lipinski definition) is 3. The molecule has 2 aromatic carbocycles. The van der Waals surface area contributed by atoms with Crippen LogP contribution in [0, 0.1) is 6.92 Å². The SMILES string of the molecule is CCN1CCN(Cc2ccc(C(=O)Nc3ccc(C)c(Nc4ncccc4-c4cc(NC5CC5)ncn4)c3)cc2CF)CC1. The van der Waals surface area contributed by atoms with Crippen LogP contribution in [0.5, 0.6) is 0 Å². The molecule has 0 atom stereocenters. The molecule has 228 valence electrons. The summed E-state index contributed by atoms with van der Waals surface area (Å²) in [5.74, 6) is 1.16. The number of carbonyl (C=O) groups excluding carboxylic acids is 1. The van der Waals surface area contributed by atoms with Gasteiger partial charge in [0.25, 0.3) is 5.91 Å². The predicted octanol–water partition coefficient (Wildman–Crippen LogP) is 6.02. The molecule has 2 fully saturated rings. The van der Waals surface area contributed by atoms with Crippen molar-refractivity contribution in [1.29, 1.82) is 0 Å². The fourth-order valence-electron chi connectivity index (χ4n) is 5.45. The van der Waals surface area contributed by atoms with Crippen LogP contribution < -0.4 is 16.0 Å². The number of pyridine rings is 1. The maximum Gasteiger partial charge on any atom is 0.255 e. The van der Waals surface area contributed by atoms with Gasteiger partial charge >= 0.3 is 0 Å². The lowest BCUT2D eigenvalue weighted by atomic mass is 10.0. The van der Waals surface area contributed by atoms with Gasteiger partial charge in [-0.25, -0.2) is 19.3 Å². The highest BCUT2D eigenvalue weighted by Gasteiger charge is 2.22. The fraction of sp³-hybridized carbons (Fsp3) is 0.353. The highest BCUT2D eigenvalue weighted by atomic mass is 19.1. The van der Waals surface area contributed by atoms with E-state index in [1.54, 1.807) is 24.7 Å². The topological polar surface area (TPSA) is 98.3 Å². The summed E-state index contributed by atoms with van der Waals surface area (Å²) in [6.45, 7) is 9.27. The summed E-state index contributed by atoms with van der Waals surface area (Å²) in [5.41, 5.74) is 5.94. The van der Waals surface area contributed by atoms with E-state index in [-0.39, 0.29) is 5.91 Å². The molecule has 0 unspecified atom stereocenters. The summed E-state index contributed by atoms with van der Waals surface area (Å²) in [5, 5.41) is 9.84. The molecule has 1 saturated carbocycles. The number of likely N-dealkylation sites (N-methyl/N-ethyl adjacent to an activating group) is 1. The van der Waals surface area contributed by atoms with E-state index in [9.17, 15) is 9.18 Å². The van der Waals surface area contributed by atoms with Gasteiger partial charge in [-0.05, 0) is 79.4 Å². The first-order valence-electron chi connectivity index (χ1n) is 15.3.